The number of benzene rings is 1. The summed E-state index contributed by atoms with van der Waals surface area (Å²) in [5, 5.41) is 1.25. The highest BCUT2D eigenvalue weighted by Gasteiger charge is 2.13. The van der Waals surface area contributed by atoms with Crippen molar-refractivity contribution in [3.63, 3.8) is 0 Å². The van der Waals surface area contributed by atoms with Gasteiger partial charge in [-0.3, -0.25) is 11.3 Å². The van der Waals surface area contributed by atoms with E-state index in [1.54, 1.807) is 7.11 Å². The Labute approximate surface area is 118 Å². The van der Waals surface area contributed by atoms with Crippen molar-refractivity contribution >= 4 is 23.4 Å². The van der Waals surface area contributed by atoms with Gasteiger partial charge in [0, 0.05) is 11.0 Å². The van der Waals surface area contributed by atoms with Gasteiger partial charge >= 0.3 is 0 Å². The van der Waals surface area contributed by atoms with Crippen LogP contribution in [0.4, 0.5) is 0 Å². The van der Waals surface area contributed by atoms with Gasteiger partial charge in [-0.2, -0.15) is 11.8 Å². The molecule has 1 rings (SSSR count). The normalized spacial score (nSPS) is 14.3. The molecule has 1 aromatic rings. The number of rotatable bonds is 7. The number of hydrazine groups is 1. The Kier molecular flexibility index (Phi) is 6.86. The lowest BCUT2D eigenvalue weighted by molar-refractivity contribution is 0.413. The third-order valence-corrected chi connectivity index (χ3v) is 4.64. The smallest absolute Gasteiger partial charge is 0.137 e. The molecule has 2 atom stereocenters. The predicted octanol–water partition coefficient (Wildman–Crippen LogP) is 3.38. The lowest BCUT2D eigenvalue weighted by atomic mass is 10.1. The van der Waals surface area contributed by atoms with E-state index in [1.807, 2.05) is 30.0 Å². The third kappa shape index (κ3) is 4.35. The zero-order chi connectivity index (χ0) is 13.5. The molecule has 0 saturated heterocycles. The number of hydrogen-bond acceptors (Lipinski definition) is 4. The molecule has 0 aliphatic heterocycles. The molecule has 0 spiro atoms. The second kappa shape index (κ2) is 7.89. The van der Waals surface area contributed by atoms with Crippen LogP contribution >= 0.6 is 23.4 Å². The first-order chi connectivity index (χ1) is 8.62. The van der Waals surface area contributed by atoms with Crippen LogP contribution in [0.2, 0.25) is 5.02 Å². The van der Waals surface area contributed by atoms with Gasteiger partial charge in [-0.25, -0.2) is 0 Å². The van der Waals surface area contributed by atoms with Gasteiger partial charge < -0.3 is 4.74 Å². The van der Waals surface area contributed by atoms with E-state index in [0.717, 1.165) is 17.7 Å². The summed E-state index contributed by atoms with van der Waals surface area (Å²) in [4.78, 5) is 0. The molecule has 0 amide bonds. The molecule has 0 heterocycles. The maximum Gasteiger partial charge on any atom is 0.137 e. The van der Waals surface area contributed by atoms with Crippen LogP contribution in [0, 0.1) is 0 Å². The molecule has 0 bridgehead atoms. The fourth-order valence-corrected chi connectivity index (χ4v) is 2.75. The number of thioether (sulfide) groups is 1. The molecule has 0 aromatic heterocycles. The van der Waals surface area contributed by atoms with E-state index in [0.29, 0.717) is 16.0 Å². The van der Waals surface area contributed by atoms with E-state index in [2.05, 4.69) is 19.3 Å². The summed E-state index contributed by atoms with van der Waals surface area (Å²) in [6.45, 7) is 4.41. The molecule has 0 aliphatic carbocycles. The first-order valence-corrected chi connectivity index (χ1v) is 7.46. The van der Waals surface area contributed by atoms with Crippen molar-refractivity contribution in [3.8, 4) is 5.75 Å². The highest BCUT2D eigenvalue weighted by atomic mass is 35.5. The largest absolute Gasteiger partial charge is 0.495 e. The molecule has 3 N–H and O–H groups in total. The van der Waals surface area contributed by atoms with Crippen molar-refractivity contribution in [3.05, 3.63) is 28.8 Å². The van der Waals surface area contributed by atoms with Crippen LogP contribution in [0.3, 0.4) is 0 Å². The molecule has 2 unspecified atom stereocenters. The minimum atomic E-state index is 0.107. The van der Waals surface area contributed by atoms with Gasteiger partial charge in [-0.15, -0.1) is 0 Å². The van der Waals surface area contributed by atoms with Crippen LogP contribution in [-0.4, -0.2) is 18.1 Å². The highest BCUT2D eigenvalue weighted by Crippen LogP contribution is 2.29. The third-order valence-electron chi connectivity index (χ3n) is 2.90. The molecular formula is C13H21ClN2OS. The first kappa shape index (κ1) is 15.6. The maximum atomic E-state index is 6.01. The van der Waals surface area contributed by atoms with Crippen molar-refractivity contribution in [2.75, 3.05) is 12.9 Å². The Hall–Kier alpha value is -0.420. The Bertz CT molecular complexity index is 376. The highest BCUT2D eigenvalue weighted by molar-refractivity contribution is 7.99. The standard InChI is InChI=1S/C13H21ClN2OS/c1-4-9(2)18-8-12(16-15)10-5-6-11(14)13(7-10)17-3/h5-7,9,12,16H,4,8,15H2,1-3H3. The Balaban J connectivity index is 2.75. The topological polar surface area (TPSA) is 47.3 Å². The van der Waals surface area contributed by atoms with Gasteiger partial charge in [-0.05, 0) is 24.1 Å². The molecule has 0 saturated carbocycles. The van der Waals surface area contributed by atoms with Crippen molar-refractivity contribution in [1.82, 2.24) is 5.43 Å². The van der Waals surface area contributed by atoms with Gasteiger partial charge in [0.2, 0.25) is 0 Å². The number of nitrogens with two attached hydrogens (primary N) is 1. The predicted molar refractivity (Wildman–Crippen MR) is 80.3 cm³/mol. The monoisotopic (exact) mass is 288 g/mol. The zero-order valence-corrected chi connectivity index (χ0v) is 12.6. The number of methoxy groups -OCH3 is 1. The van der Waals surface area contributed by atoms with Crippen LogP contribution in [0.25, 0.3) is 0 Å². The lowest BCUT2D eigenvalue weighted by Crippen LogP contribution is -2.30. The fraction of sp³-hybridized carbons (Fsp3) is 0.538. The van der Waals surface area contributed by atoms with Gasteiger partial charge in [0.25, 0.3) is 0 Å². The molecule has 1 aromatic carbocycles. The molecule has 0 fully saturated rings. The summed E-state index contributed by atoms with van der Waals surface area (Å²) >= 11 is 7.92. The van der Waals surface area contributed by atoms with Crippen LogP contribution in [-0.2, 0) is 0 Å². The lowest BCUT2D eigenvalue weighted by Gasteiger charge is -2.19. The van der Waals surface area contributed by atoms with E-state index in [4.69, 9.17) is 22.2 Å². The number of ether oxygens (including phenoxy) is 1. The van der Waals surface area contributed by atoms with E-state index in [-0.39, 0.29) is 6.04 Å². The summed E-state index contributed by atoms with van der Waals surface area (Å²) in [7, 11) is 1.61. The summed E-state index contributed by atoms with van der Waals surface area (Å²) in [5.41, 5.74) is 3.94. The minimum Gasteiger partial charge on any atom is -0.495 e. The summed E-state index contributed by atoms with van der Waals surface area (Å²) < 4.78 is 5.22. The van der Waals surface area contributed by atoms with E-state index in [1.165, 1.54) is 0 Å². The first-order valence-electron chi connectivity index (χ1n) is 6.03. The quantitative estimate of drug-likeness (QED) is 0.596. The summed E-state index contributed by atoms with van der Waals surface area (Å²) in [5.74, 6) is 7.24. The van der Waals surface area contributed by atoms with Crippen LogP contribution < -0.4 is 16.0 Å². The molecule has 5 heteroatoms. The van der Waals surface area contributed by atoms with Gasteiger partial charge in [0.05, 0.1) is 18.2 Å². The maximum absolute atomic E-state index is 6.01. The average molecular weight is 289 g/mol. The van der Waals surface area contributed by atoms with E-state index >= 15 is 0 Å². The molecule has 0 radical (unpaired) electrons. The van der Waals surface area contributed by atoms with Crippen molar-refractivity contribution in [2.45, 2.75) is 31.6 Å². The molecule has 0 aliphatic rings. The molecule has 102 valence electrons. The van der Waals surface area contributed by atoms with Crippen molar-refractivity contribution in [2.24, 2.45) is 5.84 Å². The Morgan fingerprint density at radius 1 is 1.50 bits per heavy atom. The SMILES string of the molecule is CCC(C)SCC(NN)c1ccc(Cl)c(OC)c1. The zero-order valence-electron chi connectivity index (χ0n) is 11.1. The van der Waals surface area contributed by atoms with Gasteiger partial charge in [0.15, 0.2) is 0 Å². The van der Waals surface area contributed by atoms with Crippen LogP contribution in [0.5, 0.6) is 5.75 Å². The molecular weight excluding hydrogens is 268 g/mol. The van der Waals surface area contributed by atoms with E-state index in [9.17, 15) is 0 Å². The molecule has 3 nitrogen and oxygen atoms in total. The Morgan fingerprint density at radius 3 is 2.78 bits per heavy atom. The summed E-state index contributed by atoms with van der Waals surface area (Å²) in [6, 6.07) is 5.86. The van der Waals surface area contributed by atoms with Crippen LogP contribution in [0.15, 0.2) is 18.2 Å². The van der Waals surface area contributed by atoms with Crippen LogP contribution in [0.1, 0.15) is 31.9 Å². The van der Waals surface area contributed by atoms with Gasteiger partial charge in [-0.1, -0.05) is 31.5 Å². The molecule has 18 heavy (non-hydrogen) atoms. The summed E-state index contributed by atoms with van der Waals surface area (Å²) in [6.07, 6.45) is 1.16. The van der Waals surface area contributed by atoms with Crippen molar-refractivity contribution < 1.29 is 4.74 Å². The number of hydrogen-bond donors (Lipinski definition) is 2. The van der Waals surface area contributed by atoms with Crippen molar-refractivity contribution in [1.29, 1.82) is 0 Å². The van der Waals surface area contributed by atoms with Gasteiger partial charge in [0.1, 0.15) is 5.75 Å². The Morgan fingerprint density at radius 2 is 2.22 bits per heavy atom. The number of nitrogens with one attached hydrogen (secondary N) is 1. The number of halogens is 1. The average Bonchev–Trinajstić information content (AvgIpc) is 2.40. The van der Waals surface area contributed by atoms with E-state index < -0.39 is 0 Å². The second-order valence-electron chi connectivity index (χ2n) is 4.17. The minimum absolute atomic E-state index is 0.107. The second-order valence-corrected chi connectivity index (χ2v) is 6.04. The fourth-order valence-electron chi connectivity index (χ4n) is 1.51.